The summed E-state index contributed by atoms with van der Waals surface area (Å²) < 4.78 is 0. The molecule has 0 nitrogen and oxygen atoms in total. The molecular formula is GaMoPbS. The third-order valence-electron chi connectivity index (χ3n) is 0. The van der Waals surface area contributed by atoms with Gasteiger partial charge in [0.05, 0.1) is 0 Å². The zero-order valence-electron chi connectivity index (χ0n) is 1.89. The van der Waals surface area contributed by atoms with Crippen molar-refractivity contribution in [3.05, 3.63) is 0 Å². The van der Waals surface area contributed by atoms with E-state index in [1.807, 2.05) is 0 Å². The molecule has 0 aromatic rings. The van der Waals surface area contributed by atoms with Gasteiger partial charge >= 0.3 is 27.8 Å². The molecule has 0 N–H and O–H groups in total. The van der Waals surface area contributed by atoms with Crippen molar-refractivity contribution in [2.24, 2.45) is 0 Å². The van der Waals surface area contributed by atoms with Gasteiger partial charge in [-0.05, 0) is 0 Å². The molecule has 0 fully saturated rings. The quantitative estimate of drug-likeness (QED) is 0.507. The van der Waals surface area contributed by atoms with E-state index in [1.165, 1.54) is 18.0 Å². The summed E-state index contributed by atoms with van der Waals surface area (Å²) in [5.74, 6) is 0. The van der Waals surface area contributed by atoms with E-state index in [9.17, 15) is 0 Å². The number of rotatable bonds is 0. The first-order valence-electron chi connectivity index (χ1n) is 0.167. The van der Waals surface area contributed by atoms with E-state index in [0.29, 0.717) is 0 Å². The average Bonchev–Trinajstić information content (AvgIpc) is 1.00. The number of hydrogen-bond acceptors (Lipinski definition) is 1. The predicted molar refractivity (Wildman–Crippen MR) is 19.1 cm³/mol. The normalized spacial score (nSPS) is 1.00. The van der Waals surface area contributed by atoms with Gasteiger partial charge in [0.2, 0.25) is 0 Å². The third kappa shape index (κ3) is 8.82. The summed E-state index contributed by atoms with van der Waals surface area (Å²) in [7, 11) is 4.09. The standard InChI is InChI=1S/Ga.Mo.Pb.S. The Balaban J connectivity index is -0.00000000500. The molecule has 0 aliphatic rings. The Kier molecular flexibility index (Phi) is 72.1. The van der Waals surface area contributed by atoms with Crippen LogP contribution in [0.1, 0.15) is 0 Å². The van der Waals surface area contributed by atoms with Crippen molar-refractivity contribution < 1.29 is 18.0 Å². The Morgan fingerprint density at radius 3 is 1.25 bits per heavy atom. The molecule has 0 rings (SSSR count). The van der Waals surface area contributed by atoms with E-state index < -0.39 is 0 Å². The van der Waals surface area contributed by atoms with Crippen LogP contribution in [0.25, 0.3) is 0 Å². The Morgan fingerprint density at radius 2 is 1.25 bits per heavy atom. The molecular weight excluding hydrogens is 405 g/mol. The van der Waals surface area contributed by atoms with Crippen molar-refractivity contribution in [2.75, 3.05) is 0 Å². The van der Waals surface area contributed by atoms with Crippen LogP contribution in [0, 0.1) is 0 Å². The SMILES string of the molecule is [Ga].[Pb].[S]=[Mo]. The van der Waals surface area contributed by atoms with Gasteiger partial charge < -0.3 is 0 Å². The van der Waals surface area contributed by atoms with Crippen molar-refractivity contribution in [2.45, 2.75) is 0 Å². The molecule has 0 aliphatic heterocycles. The maximum absolute atomic E-state index is 4.09. The van der Waals surface area contributed by atoms with Crippen molar-refractivity contribution in [3.8, 4) is 0 Å². The minimum absolute atomic E-state index is 0. The van der Waals surface area contributed by atoms with Gasteiger partial charge in [0.25, 0.3) is 0 Å². The molecule has 0 saturated carbocycles. The fourth-order valence-corrected chi connectivity index (χ4v) is 0. The van der Waals surface area contributed by atoms with E-state index in [4.69, 9.17) is 0 Å². The second-order valence-electron chi connectivity index (χ2n) is 0. The van der Waals surface area contributed by atoms with Gasteiger partial charge in [-0.15, -0.1) is 0 Å². The average molecular weight is 405 g/mol. The summed E-state index contributed by atoms with van der Waals surface area (Å²) >= 11 is 1.53. The Hall–Kier alpha value is 2.47. The van der Waals surface area contributed by atoms with E-state index >= 15 is 0 Å². The van der Waals surface area contributed by atoms with Gasteiger partial charge in [-0.25, -0.2) is 0 Å². The second kappa shape index (κ2) is 17.9. The molecule has 0 bridgehead atoms. The minimum atomic E-state index is 0. The predicted octanol–water partition coefficient (Wildman–Crippen LogP) is -0.116. The summed E-state index contributed by atoms with van der Waals surface area (Å²) in [4.78, 5) is 0. The van der Waals surface area contributed by atoms with Gasteiger partial charge in [-0.3, -0.25) is 0 Å². The Labute approximate surface area is 73.7 Å². The molecule has 0 saturated heterocycles. The van der Waals surface area contributed by atoms with Gasteiger partial charge in [0.15, 0.2) is 0 Å². The van der Waals surface area contributed by atoms with Crippen molar-refractivity contribution >= 4 is 56.9 Å². The molecule has 19 valence electrons. The van der Waals surface area contributed by atoms with Crippen LogP contribution in [0.2, 0.25) is 0 Å². The fourth-order valence-electron chi connectivity index (χ4n) is 0. The van der Waals surface area contributed by atoms with E-state index in [-0.39, 0.29) is 47.1 Å². The monoisotopic (exact) mass is 407 g/mol. The van der Waals surface area contributed by atoms with Crippen molar-refractivity contribution in [1.29, 1.82) is 0 Å². The van der Waals surface area contributed by atoms with Crippen LogP contribution in [0.3, 0.4) is 0 Å². The topological polar surface area (TPSA) is 0 Å². The molecule has 4 heavy (non-hydrogen) atoms. The summed E-state index contributed by atoms with van der Waals surface area (Å²) in [6.07, 6.45) is 0. The summed E-state index contributed by atoms with van der Waals surface area (Å²) in [6.45, 7) is 0. The number of hydrogen-bond donors (Lipinski definition) is 0. The second-order valence-corrected chi connectivity index (χ2v) is 0. The third-order valence-corrected chi connectivity index (χ3v) is 0. The zero-order valence-corrected chi connectivity index (χ0v) is 11.0. The van der Waals surface area contributed by atoms with Crippen LogP contribution in [0.15, 0.2) is 0 Å². The molecule has 0 amide bonds. The molecule has 0 spiro atoms. The van der Waals surface area contributed by atoms with E-state index in [1.54, 1.807) is 0 Å². The van der Waals surface area contributed by atoms with Crippen LogP contribution in [0.4, 0.5) is 0 Å². The van der Waals surface area contributed by atoms with E-state index in [2.05, 4.69) is 9.82 Å². The summed E-state index contributed by atoms with van der Waals surface area (Å²) in [5, 5.41) is 0. The zero-order chi connectivity index (χ0) is 2.00. The van der Waals surface area contributed by atoms with Crippen molar-refractivity contribution in [1.82, 2.24) is 0 Å². The molecule has 0 atom stereocenters. The molecule has 0 heterocycles. The summed E-state index contributed by atoms with van der Waals surface area (Å²) in [6, 6.07) is 0. The van der Waals surface area contributed by atoms with Crippen LogP contribution in [0.5, 0.6) is 0 Å². The van der Waals surface area contributed by atoms with Gasteiger partial charge in [0, 0.05) is 47.1 Å². The first kappa shape index (κ1) is 16.1. The van der Waals surface area contributed by atoms with Gasteiger partial charge in [-0.1, -0.05) is 0 Å². The van der Waals surface area contributed by atoms with Crippen LogP contribution < -0.4 is 0 Å². The Morgan fingerprint density at radius 1 is 1.25 bits per heavy atom. The van der Waals surface area contributed by atoms with Crippen LogP contribution in [-0.4, -0.2) is 47.1 Å². The van der Waals surface area contributed by atoms with Crippen LogP contribution in [-0.2, 0) is 18.0 Å². The van der Waals surface area contributed by atoms with Gasteiger partial charge in [-0.2, -0.15) is 0 Å². The molecule has 0 unspecified atom stereocenters. The molecule has 0 aromatic carbocycles. The Bertz CT molecular complexity index is 8.00. The van der Waals surface area contributed by atoms with Crippen molar-refractivity contribution in [3.63, 3.8) is 0 Å². The molecule has 4 heteroatoms. The maximum atomic E-state index is 4.09. The van der Waals surface area contributed by atoms with Gasteiger partial charge in [0.1, 0.15) is 0 Å². The molecule has 0 aromatic heterocycles. The fraction of sp³-hybridized carbons (Fsp3) is 0. The first-order valence-corrected chi connectivity index (χ1v) is 2.96. The van der Waals surface area contributed by atoms with Crippen LogP contribution >= 0.6 is 9.82 Å². The van der Waals surface area contributed by atoms with E-state index in [0.717, 1.165) is 0 Å². The summed E-state index contributed by atoms with van der Waals surface area (Å²) in [5.41, 5.74) is 0. The molecule has 0 aliphatic carbocycles. The first-order chi connectivity index (χ1) is 1.00. The molecule has 7 radical (unpaired) electrons.